The number of methoxy groups -OCH3 is 1. The molecule has 3 aromatic rings. The Kier molecular flexibility index (Phi) is 6.18. The van der Waals surface area contributed by atoms with Crippen molar-refractivity contribution < 1.29 is 23.8 Å². The van der Waals surface area contributed by atoms with Crippen molar-refractivity contribution in [2.24, 2.45) is 5.41 Å². The Hall–Kier alpha value is -3.30. The maximum atomic E-state index is 14.2. The first-order valence-electron chi connectivity index (χ1n) is 10.2. The first kappa shape index (κ1) is 22.9. The molecule has 0 bridgehead atoms. The van der Waals surface area contributed by atoms with E-state index in [1.54, 1.807) is 18.2 Å². The fourth-order valence-electron chi connectivity index (χ4n) is 4.62. The number of ether oxygens (including phenoxy) is 1. The van der Waals surface area contributed by atoms with E-state index in [4.69, 9.17) is 16.3 Å². The zero-order valence-corrected chi connectivity index (χ0v) is 18.5. The van der Waals surface area contributed by atoms with E-state index in [-0.39, 0.29) is 31.0 Å². The summed E-state index contributed by atoms with van der Waals surface area (Å²) in [6.45, 7) is 0.0386. The highest BCUT2D eigenvalue weighted by Crippen LogP contribution is 2.50. The van der Waals surface area contributed by atoms with Gasteiger partial charge in [-0.25, -0.2) is 4.39 Å². The average Bonchev–Trinajstić information content (AvgIpc) is 3.30. The van der Waals surface area contributed by atoms with Crippen molar-refractivity contribution in [1.29, 1.82) is 0 Å². The number of carboxylic acid groups (broad SMARTS) is 1. The monoisotopic (exact) mass is 472 g/mol. The number of carbonyl (C=O) groups excluding carboxylic acids is 1. The topological polar surface area (TPSA) is 117 Å². The van der Waals surface area contributed by atoms with Crippen molar-refractivity contribution in [1.82, 2.24) is 20.7 Å². The fourth-order valence-corrected chi connectivity index (χ4v) is 4.79. The van der Waals surface area contributed by atoms with Gasteiger partial charge in [0.1, 0.15) is 5.82 Å². The standard InChI is InChI=1S/C23H22ClFN4O4/c1-33-13-22(21(31)32)11-23(12-22,27-20(30)19-10-26-29-28-19)9-14-2-4-15(5-3-14)17-8-16(24)6-7-18(17)25/h2-8,10H,9,11-13H2,1H3,(H,27,30)(H,31,32)(H,26,28,29). The maximum Gasteiger partial charge on any atom is 0.312 e. The normalized spacial score (nSPS) is 21.9. The van der Waals surface area contributed by atoms with E-state index in [2.05, 4.69) is 20.7 Å². The van der Waals surface area contributed by atoms with Gasteiger partial charge in [-0.15, -0.1) is 0 Å². The summed E-state index contributed by atoms with van der Waals surface area (Å²) >= 11 is 6.00. The van der Waals surface area contributed by atoms with Crippen LogP contribution < -0.4 is 5.32 Å². The van der Waals surface area contributed by atoms with E-state index in [0.29, 0.717) is 22.6 Å². The molecule has 3 N–H and O–H groups in total. The number of carbonyl (C=O) groups is 2. The Morgan fingerprint density at radius 3 is 2.58 bits per heavy atom. The number of aromatic amines is 1. The summed E-state index contributed by atoms with van der Waals surface area (Å²) in [7, 11) is 1.45. The third-order valence-corrected chi connectivity index (χ3v) is 6.23. The van der Waals surface area contributed by atoms with Crippen LogP contribution in [0.15, 0.2) is 48.7 Å². The summed E-state index contributed by atoms with van der Waals surface area (Å²) in [5.41, 5.74) is 0.119. The molecule has 0 aliphatic heterocycles. The van der Waals surface area contributed by atoms with Crippen LogP contribution in [0.4, 0.5) is 4.39 Å². The van der Waals surface area contributed by atoms with Gasteiger partial charge in [0.25, 0.3) is 5.91 Å². The summed E-state index contributed by atoms with van der Waals surface area (Å²) in [6, 6.07) is 11.6. The number of H-pyrrole nitrogens is 1. The van der Waals surface area contributed by atoms with Gasteiger partial charge in [0.15, 0.2) is 5.69 Å². The molecule has 4 rings (SSSR count). The number of halogens is 2. The summed E-state index contributed by atoms with van der Waals surface area (Å²) < 4.78 is 19.4. The van der Waals surface area contributed by atoms with E-state index in [9.17, 15) is 19.1 Å². The Balaban J connectivity index is 1.58. The smallest absolute Gasteiger partial charge is 0.312 e. The lowest BCUT2D eigenvalue weighted by atomic mass is 9.55. The Labute approximate surface area is 194 Å². The molecule has 1 fully saturated rings. The van der Waals surface area contributed by atoms with Crippen molar-refractivity contribution in [3.8, 4) is 11.1 Å². The van der Waals surface area contributed by atoms with Crippen LogP contribution in [-0.4, -0.2) is 51.6 Å². The van der Waals surface area contributed by atoms with Gasteiger partial charge >= 0.3 is 5.97 Å². The summed E-state index contributed by atoms with van der Waals surface area (Å²) in [4.78, 5) is 24.6. The predicted octanol–water partition coefficient (Wildman–Crippen LogP) is 3.49. The van der Waals surface area contributed by atoms with Gasteiger partial charge < -0.3 is 15.2 Å². The number of aromatic nitrogens is 3. The number of benzene rings is 2. The van der Waals surface area contributed by atoms with Gasteiger partial charge in [0.2, 0.25) is 0 Å². The van der Waals surface area contributed by atoms with Crippen molar-refractivity contribution in [3.63, 3.8) is 0 Å². The molecule has 8 nitrogen and oxygen atoms in total. The number of hydrogen-bond donors (Lipinski definition) is 3. The number of hydrogen-bond acceptors (Lipinski definition) is 5. The number of nitrogens with zero attached hydrogens (tertiary/aromatic N) is 2. The summed E-state index contributed by atoms with van der Waals surface area (Å²) in [5, 5.41) is 23.0. The lowest BCUT2D eigenvalue weighted by molar-refractivity contribution is -0.167. The molecule has 0 spiro atoms. The third-order valence-electron chi connectivity index (χ3n) is 5.99. The molecule has 172 valence electrons. The first-order chi connectivity index (χ1) is 15.8. The molecule has 1 heterocycles. The molecule has 0 radical (unpaired) electrons. The highest BCUT2D eigenvalue weighted by Gasteiger charge is 2.60. The second kappa shape index (κ2) is 8.92. The summed E-state index contributed by atoms with van der Waals surface area (Å²) in [6.07, 6.45) is 2.07. The maximum absolute atomic E-state index is 14.2. The number of amides is 1. The molecule has 33 heavy (non-hydrogen) atoms. The van der Waals surface area contributed by atoms with Crippen LogP contribution in [0.5, 0.6) is 0 Å². The molecular formula is C23H22ClFN4O4. The van der Waals surface area contributed by atoms with Crippen molar-refractivity contribution in [3.05, 3.63) is 70.8 Å². The minimum absolute atomic E-state index is 0.0386. The lowest BCUT2D eigenvalue weighted by Gasteiger charge is -2.54. The largest absolute Gasteiger partial charge is 0.481 e. The number of aliphatic carboxylic acids is 1. The van der Waals surface area contributed by atoms with Crippen LogP contribution in [-0.2, 0) is 16.0 Å². The van der Waals surface area contributed by atoms with E-state index in [1.807, 2.05) is 12.1 Å². The molecule has 1 aliphatic carbocycles. The Bertz CT molecular complexity index is 1160. The van der Waals surface area contributed by atoms with E-state index in [1.165, 1.54) is 25.4 Å². The van der Waals surface area contributed by atoms with Gasteiger partial charge in [-0.2, -0.15) is 15.4 Å². The van der Waals surface area contributed by atoms with Gasteiger partial charge in [0.05, 0.1) is 18.2 Å². The third kappa shape index (κ3) is 4.60. The van der Waals surface area contributed by atoms with Gasteiger partial charge in [-0.1, -0.05) is 35.9 Å². The second-order valence-corrected chi connectivity index (χ2v) is 8.90. The number of carboxylic acids is 1. The van der Waals surface area contributed by atoms with E-state index < -0.39 is 22.8 Å². The van der Waals surface area contributed by atoms with Crippen LogP contribution >= 0.6 is 11.6 Å². The molecule has 0 atom stereocenters. The zero-order chi connectivity index (χ0) is 23.6. The molecule has 1 amide bonds. The van der Waals surface area contributed by atoms with Gasteiger partial charge in [-0.05, 0) is 48.6 Å². The fraction of sp³-hybridized carbons (Fsp3) is 0.304. The van der Waals surface area contributed by atoms with Crippen LogP contribution in [0, 0.1) is 11.2 Å². The molecule has 2 aromatic carbocycles. The first-order valence-corrected chi connectivity index (χ1v) is 10.6. The van der Waals surface area contributed by atoms with Crippen molar-refractivity contribution in [2.75, 3.05) is 13.7 Å². The van der Waals surface area contributed by atoms with E-state index >= 15 is 0 Å². The minimum Gasteiger partial charge on any atom is -0.481 e. The molecular weight excluding hydrogens is 451 g/mol. The van der Waals surface area contributed by atoms with Gasteiger partial charge in [-0.3, -0.25) is 9.59 Å². The predicted molar refractivity (Wildman–Crippen MR) is 118 cm³/mol. The van der Waals surface area contributed by atoms with Crippen molar-refractivity contribution >= 4 is 23.5 Å². The molecule has 1 aliphatic rings. The zero-order valence-electron chi connectivity index (χ0n) is 17.8. The molecule has 1 saturated carbocycles. The van der Waals surface area contributed by atoms with Gasteiger partial charge in [0, 0.05) is 23.2 Å². The minimum atomic E-state index is -1.09. The highest BCUT2D eigenvalue weighted by atomic mass is 35.5. The quantitative estimate of drug-likeness (QED) is 0.462. The van der Waals surface area contributed by atoms with Crippen LogP contribution in [0.3, 0.4) is 0 Å². The average molecular weight is 473 g/mol. The second-order valence-electron chi connectivity index (χ2n) is 8.46. The number of nitrogens with one attached hydrogen (secondary N) is 2. The Morgan fingerprint density at radius 1 is 1.24 bits per heavy atom. The molecule has 0 saturated heterocycles. The molecule has 10 heteroatoms. The molecule has 1 aromatic heterocycles. The number of rotatable bonds is 8. The Morgan fingerprint density at radius 2 is 1.97 bits per heavy atom. The van der Waals surface area contributed by atoms with E-state index in [0.717, 1.165) is 5.56 Å². The molecule has 0 unspecified atom stereocenters. The van der Waals surface area contributed by atoms with Crippen molar-refractivity contribution in [2.45, 2.75) is 24.8 Å². The SMILES string of the molecule is COCC1(C(=O)O)CC(Cc2ccc(-c3cc(Cl)ccc3F)cc2)(NC(=O)c2cn[nH]n2)C1. The lowest BCUT2D eigenvalue weighted by Crippen LogP contribution is -2.66. The van der Waals surface area contributed by atoms with Crippen LogP contribution in [0.2, 0.25) is 5.02 Å². The summed E-state index contributed by atoms with van der Waals surface area (Å²) in [5.74, 6) is -1.80. The van der Waals surface area contributed by atoms with Crippen LogP contribution in [0.1, 0.15) is 28.9 Å². The highest BCUT2D eigenvalue weighted by molar-refractivity contribution is 6.30. The van der Waals surface area contributed by atoms with Crippen LogP contribution in [0.25, 0.3) is 11.1 Å².